The summed E-state index contributed by atoms with van der Waals surface area (Å²) in [5.74, 6) is -1.09. The van der Waals surface area contributed by atoms with Crippen LogP contribution < -0.4 is 5.32 Å². The molecule has 0 unspecified atom stereocenters. The minimum atomic E-state index is -3.86. The molecule has 1 saturated heterocycles. The van der Waals surface area contributed by atoms with Gasteiger partial charge in [-0.25, -0.2) is 13.2 Å². The number of sulfonamides is 1. The molecule has 1 aliphatic heterocycles. The van der Waals surface area contributed by atoms with E-state index in [1.165, 1.54) is 16.4 Å². The number of piperidine rings is 1. The number of carbonyl (C=O) groups is 2. The fourth-order valence-corrected chi connectivity index (χ4v) is 4.89. The van der Waals surface area contributed by atoms with Crippen LogP contribution in [0.5, 0.6) is 0 Å². The van der Waals surface area contributed by atoms with Gasteiger partial charge in [0.15, 0.2) is 0 Å². The van der Waals surface area contributed by atoms with E-state index in [9.17, 15) is 18.0 Å². The fraction of sp³-hybridized carbons (Fsp3) is 0.700. The van der Waals surface area contributed by atoms with Gasteiger partial charge in [-0.15, -0.1) is 0 Å². The molecule has 1 aromatic heterocycles. The number of rotatable bonds is 10. The van der Waals surface area contributed by atoms with Crippen LogP contribution in [0.4, 0.5) is 0 Å². The van der Waals surface area contributed by atoms with Gasteiger partial charge >= 0.3 is 5.97 Å². The summed E-state index contributed by atoms with van der Waals surface area (Å²) in [6, 6.07) is 2.97. The molecule has 30 heavy (non-hydrogen) atoms. The van der Waals surface area contributed by atoms with Crippen LogP contribution in [0.3, 0.4) is 0 Å². The molecule has 1 aromatic rings. The quantitative estimate of drug-likeness (QED) is 0.548. The highest BCUT2D eigenvalue weighted by atomic mass is 32.2. The van der Waals surface area contributed by atoms with Gasteiger partial charge in [0.1, 0.15) is 0 Å². The summed E-state index contributed by atoms with van der Waals surface area (Å²) >= 11 is 0. The number of likely N-dealkylation sites (N-methyl/N-ethyl adjacent to an activating group) is 1. The van der Waals surface area contributed by atoms with E-state index in [-0.39, 0.29) is 42.4 Å². The lowest BCUT2D eigenvalue weighted by molar-refractivity contribution is -0.126. The molecule has 0 atom stereocenters. The van der Waals surface area contributed by atoms with Crippen molar-refractivity contribution in [1.29, 1.82) is 0 Å². The molecule has 9 nitrogen and oxygen atoms in total. The molecule has 1 N–H and O–H groups in total. The third kappa shape index (κ3) is 6.05. The van der Waals surface area contributed by atoms with Crippen LogP contribution in [0.2, 0.25) is 0 Å². The average Bonchev–Trinajstić information content (AvgIpc) is 3.22. The summed E-state index contributed by atoms with van der Waals surface area (Å²) in [6.45, 7) is 10.9. The number of esters is 1. The van der Waals surface area contributed by atoms with Gasteiger partial charge in [0.05, 0.1) is 6.61 Å². The molecule has 1 fully saturated rings. The van der Waals surface area contributed by atoms with Gasteiger partial charge in [0.25, 0.3) is 10.0 Å². The predicted molar refractivity (Wildman–Crippen MR) is 112 cm³/mol. The fourth-order valence-electron chi connectivity index (χ4n) is 3.50. The third-order valence-corrected chi connectivity index (χ3v) is 7.08. The van der Waals surface area contributed by atoms with Crippen molar-refractivity contribution in [1.82, 2.24) is 14.5 Å². The maximum atomic E-state index is 12.8. The SMILES string of the molecule is CCOC(=O)c1ccc(S(=O)(=O)N2CCC(C(=O)NCCN(CC)C(C)C)CC2)o1. The first-order chi connectivity index (χ1) is 14.2. The largest absolute Gasteiger partial charge is 0.460 e. The van der Waals surface area contributed by atoms with Crippen LogP contribution in [0.25, 0.3) is 0 Å². The van der Waals surface area contributed by atoms with E-state index in [0.29, 0.717) is 25.4 Å². The molecule has 170 valence electrons. The van der Waals surface area contributed by atoms with E-state index in [4.69, 9.17) is 9.15 Å². The molecule has 1 amide bonds. The molecule has 0 aromatic carbocycles. The van der Waals surface area contributed by atoms with Crippen molar-refractivity contribution in [3.05, 3.63) is 17.9 Å². The number of hydrogen-bond acceptors (Lipinski definition) is 7. The third-order valence-electron chi connectivity index (χ3n) is 5.31. The zero-order chi connectivity index (χ0) is 22.3. The highest BCUT2D eigenvalue weighted by Gasteiger charge is 2.34. The number of furan rings is 1. The van der Waals surface area contributed by atoms with Gasteiger partial charge in [-0.05, 0) is 52.3 Å². The molecule has 1 aliphatic rings. The summed E-state index contributed by atoms with van der Waals surface area (Å²) in [4.78, 5) is 26.4. The first-order valence-corrected chi connectivity index (χ1v) is 11.9. The van der Waals surface area contributed by atoms with Gasteiger partial charge in [-0.2, -0.15) is 4.31 Å². The molecule has 0 saturated carbocycles. The number of hydrogen-bond donors (Lipinski definition) is 1. The van der Waals surface area contributed by atoms with E-state index in [1.54, 1.807) is 6.92 Å². The minimum absolute atomic E-state index is 0.0329. The molecule has 2 rings (SSSR count). The van der Waals surface area contributed by atoms with Crippen LogP contribution in [0.1, 0.15) is 51.1 Å². The molecule has 0 aliphatic carbocycles. The molecule has 0 bridgehead atoms. The maximum Gasteiger partial charge on any atom is 0.374 e. The van der Waals surface area contributed by atoms with Gasteiger partial charge < -0.3 is 14.5 Å². The summed E-state index contributed by atoms with van der Waals surface area (Å²) in [5, 5.41) is 2.68. The Labute approximate surface area is 178 Å². The first kappa shape index (κ1) is 24.4. The van der Waals surface area contributed by atoms with E-state index >= 15 is 0 Å². The highest BCUT2D eigenvalue weighted by Crippen LogP contribution is 2.25. The Kier molecular flexibility index (Phi) is 8.87. The van der Waals surface area contributed by atoms with Crippen molar-refractivity contribution in [3.63, 3.8) is 0 Å². The standard InChI is InChI=1S/C20H33N3O6S/c1-5-22(15(3)4)14-11-21-19(24)16-9-12-23(13-10-16)30(26,27)18-8-7-17(29-18)20(25)28-6-2/h7-8,15-16H,5-6,9-14H2,1-4H3,(H,21,24). The van der Waals surface area contributed by atoms with Crippen LogP contribution in [-0.2, 0) is 19.6 Å². The molecule has 10 heteroatoms. The van der Waals surface area contributed by atoms with Crippen molar-refractivity contribution in [2.24, 2.45) is 5.92 Å². The number of nitrogens with one attached hydrogen (secondary N) is 1. The Morgan fingerprint density at radius 1 is 1.27 bits per heavy atom. The summed E-state index contributed by atoms with van der Waals surface area (Å²) in [5.41, 5.74) is 0. The smallest absolute Gasteiger partial charge is 0.374 e. The lowest BCUT2D eigenvalue weighted by Crippen LogP contribution is -2.44. The Morgan fingerprint density at radius 2 is 1.93 bits per heavy atom. The molecule has 2 heterocycles. The van der Waals surface area contributed by atoms with Crippen molar-refractivity contribution in [2.75, 3.05) is 39.3 Å². The molecule has 0 radical (unpaired) electrons. The zero-order valence-electron chi connectivity index (χ0n) is 18.2. The second-order valence-corrected chi connectivity index (χ2v) is 9.40. The van der Waals surface area contributed by atoms with Crippen molar-refractivity contribution >= 4 is 21.9 Å². The average molecular weight is 444 g/mol. The van der Waals surface area contributed by atoms with Gasteiger partial charge in [-0.1, -0.05) is 6.92 Å². The number of amides is 1. The predicted octanol–water partition coefficient (Wildman–Crippen LogP) is 1.70. The van der Waals surface area contributed by atoms with Crippen molar-refractivity contribution < 1.29 is 27.2 Å². The Balaban J connectivity index is 1.87. The Morgan fingerprint density at radius 3 is 2.50 bits per heavy atom. The van der Waals surface area contributed by atoms with E-state index < -0.39 is 16.0 Å². The number of carbonyl (C=O) groups excluding carboxylic acids is 2. The zero-order valence-corrected chi connectivity index (χ0v) is 19.0. The summed E-state index contributed by atoms with van der Waals surface area (Å²) < 4.78 is 36.9. The number of nitrogens with zero attached hydrogens (tertiary/aromatic N) is 2. The van der Waals surface area contributed by atoms with Crippen LogP contribution in [-0.4, -0.2) is 74.9 Å². The summed E-state index contributed by atoms with van der Waals surface area (Å²) in [6.07, 6.45) is 0.885. The Bertz CT molecular complexity index is 812. The van der Waals surface area contributed by atoms with Gasteiger partial charge in [0.2, 0.25) is 16.8 Å². The van der Waals surface area contributed by atoms with Gasteiger partial charge in [0, 0.05) is 38.1 Å². The van der Waals surface area contributed by atoms with Crippen molar-refractivity contribution in [2.45, 2.75) is 51.7 Å². The second kappa shape index (κ2) is 10.9. The lowest BCUT2D eigenvalue weighted by Gasteiger charge is -2.30. The second-order valence-electron chi connectivity index (χ2n) is 7.53. The molecule has 0 spiro atoms. The van der Waals surface area contributed by atoms with E-state index in [1.807, 2.05) is 0 Å². The summed E-state index contributed by atoms with van der Waals surface area (Å²) in [7, 11) is -3.86. The lowest BCUT2D eigenvalue weighted by atomic mass is 9.97. The minimum Gasteiger partial charge on any atom is -0.460 e. The van der Waals surface area contributed by atoms with E-state index in [0.717, 1.165) is 13.1 Å². The van der Waals surface area contributed by atoms with E-state index in [2.05, 4.69) is 31.0 Å². The maximum absolute atomic E-state index is 12.8. The first-order valence-electron chi connectivity index (χ1n) is 10.5. The number of ether oxygens (including phenoxy) is 1. The van der Waals surface area contributed by atoms with Crippen LogP contribution >= 0.6 is 0 Å². The van der Waals surface area contributed by atoms with Crippen LogP contribution in [0.15, 0.2) is 21.6 Å². The van der Waals surface area contributed by atoms with Crippen molar-refractivity contribution in [3.8, 4) is 0 Å². The normalized spacial score (nSPS) is 16.2. The topological polar surface area (TPSA) is 109 Å². The van der Waals surface area contributed by atoms with Gasteiger partial charge in [-0.3, -0.25) is 9.69 Å². The monoisotopic (exact) mass is 443 g/mol. The highest BCUT2D eigenvalue weighted by molar-refractivity contribution is 7.89. The molecular weight excluding hydrogens is 410 g/mol. The Hall–Kier alpha value is -1.91. The van der Waals surface area contributed by atoms with Crippen LogP contribution in [0, 0.1) is 5.92 Å². The molecular formula is C20H33N3O6S.